The fourth-order valence-electron chi connectivity index (χ4n) is 3.30. The van der Waals surface area contributed by atoms with Crippen molar-refractivity contribution in [3.05, 3.63) is 35.4 Å². The van der Waals surface area contributed by atoms with Crippen LogP contribution >= 0.6 is 0 Å². The Morgan fingerprint density at radius 3 is 2.42 bits per heavy atom. The van der Waals surface area contributed by atoms with Gasteiger partial charge in [0.15, 0.2) is 6.54 Å². The monoisotopic (exact) mass is 333 g/mol. The number of hydrogen-bond donors (Lipinski definition) is 2. The van der Waals surface area contributed by atoms with E-state index in [1.54, 1.807) is 0 Å². The second-order valence-electron chi connectivity index (χ2n) is 6.66. The number of aryl methyl sites for hydroxylation is 1. The Bertz CT molecular complexity index is 548. The number of benzene rings is 1. The maximum absolute atomic E-state index is 12.4. The summed E-state index contributed by atoms with van der Waals surface area (Å²) in [5.74, 6) is -0.0457. The average molecular weight is 333 g/mol. The fraction of sp³-hybridized carbons (Fsp3) is 0.579. The molecule has 0 unspecified atom stereocenters. The molecule has 0 aromatic heterocycles. The van der Waals surface area contributed by atoms with Gasteiger partial charge in [-0.15, -0.1) is 0 Å². The van der Waals surface area contributed by atoms with Crippen LogP contribution in [0.1, 0.15) is 43.4 Å². The Kier molecular flexibility index (Phi) is 6.79. The van der Waals surface area contributed by atoms with E-state index in [9.17, 15) is 9.59 Å². The first-order valence-electron chi connectivity index (χ1n) is 8.80. The highest BCUT2D eigenvalue weighted by atomic mass is 16.5. The van der Waals surface area contributed by atoms with Crippen LogP contribution in [0.5, 0.6) is 0 Å². The van der Waals surface area contributed by atoms with Gasteiger partial charge in [-0.3, -0.25) is 9.59 Å². The lowest BCUT2D eigenvalue weighted by Gasteiger charge is -2.28. The zero-order chi connectivity index (χ0) is 17.5. The third kappa shape index (κ3) is 5.06. The third-order valence-corrected chi connectivity index (χ3v) is 4.86. The van der Waals surface area contributed by atoms with Crippen LogP contribution in [0.25, 0.3) is 0 Å². The number of methoxy groups -OCH3 is 1. The summed E-state index contributed by atoms with van der Waals surface area (Å²) in [5.41, 5.74) is 2.37. The molecule has 1 heterocycles. The lowest BCUT2D eigenvalue weighted by Crippen LogP contribution is -3.14. The van der Waals surface area contributed by atoms with E-state index >= 15 is 0 Å². The number of carbonyl (C=O) groups excluding carboxylic acids is 2. The summed E-state index contributed by atoms with van der Waals surface area (Å²) in [6, 6.07) is 8.38. The molecule has 1 fully saturated rings. The molecule has 2 rings (SSSR count). The summed E-state index contributed by atoms with van der Waals surface area (Å²) in [5, 5.41) is 3.14. The summed E-state index contributed by atoms with van der Waals surface area (Å²) in [6.45, 7) is 6.30. The summed E-state index contributed by atoms with van der Waals surface area (Å²) < 4.78 is 4.80. The predicted molar refractivity (Wildman–Crippen MR) is 92.7 cm³/mol. The van der Waals surface area contributed by atoms with E-state index in [2.05, 4.69) is 43.4 Å². The molecule has 1 amide bonds. The van der Waals surface area contributed by atoms with E-state index in [-0.39, 0.29) is 23.8 Å². The number of piperidine rings is 1. The van der Waals surface area contributed by atoms with Crippen molar-refractivity contribution in [2.75, 3.05) is 26.7 Å². The fourth-order valence-corrected chi connectivity index (χ4v) is 3.30. The third-order valence-electron chi connectivity index (χ3n) is 4.86. The highest BCUT2D eigenvalue weighted by Crippen LogP contribution is 2.17. The van der Waals surface area contributed by atoms with Gasteiger partial charge in [0.25, 0.3) is 5.91 Å². The first kappa shape index (κ1) is 18.5. The molecule has 1 aromatic rings. The van der Waals surface area contributed by atoms with Crippen LogP contribution in [0.4, 0.5) is 0 Å². The highest BCUT2D eigenvalue weighted by Gasteiger charge is 2.29. The molecule has 0 saturated carbocycles. The number of esters is 1. The number of hydrogen-bond acceptors (Lipinski definition) is 3. The number of rotatable bonds is 6. The number of ether oxygens (including phenoxy) is 1. The van der Waals surface area contributed by atoms with Gasteiger partial charge in [0.2, 0.25) is 0 Å². The number of carbonyl (C=O) groups is 2. The maximum atomic E-state index is 12.4. The van der Waals surface area contributed by atoms with E-state index in [1.165, 1.54) is 17.6 Å². The predicted octanol–water partition coefficient (Wildman–Crippen LogP) is 1.03. The van der Waals surface area contributed by atoms with Crippen LogP contribution in [0, 0.1) is 12.8 Å². The molecule has 5 nitrogen and oxygen atoms in total. The molecule has 1 aromatic carbocycles. The Morgan fingerprint density at radius 1 is 1.25 bits per heavy atom. The minimum absolute atomic E-state index is 0.00207. The van der Waals surface area contributed by atoms with Gasteiger partial charge in [0, 0.05) is 12.8 Å². The molecule has 1 atom stereocenters. The molecule has 2 N–H and O–H groups in total. The molecule has 0 spiro atoms. The minimum atomic E-state index is -0.121. The van der Waals surface area contributed by atoms with Crippen molar-refractivity contribution in [2.24, 2.45) is 5.92 Å². The second-order valence-corrected chi connectivity index (χ2v) is 6.66. The van der Waals surface area contributed by atoms with Gasteiger partial charge in [-0.1, -0.05) is 36.8 Å². The topological polar surface area (TPSA) is 59.8 Å². The molecule has 1 saturated heterocycles. The minimum Gasteiger partial charge on any atom is -0.469 e. The zero-order valence-corrected chi connectivity index (χ0v) is 14.9. The molecule has 0 radical (unpaired) electrons. The molecule has 0 aliphatic carbocycles. The van der Waals surface area contributed by atoms with E-state index in [4.69, 9.17) is 4.74 Å². The van der Waals surface area contributed by atoms with Crippen LogP contribution < -0.4 is 10.2 Å². The van der Waals surface area contributed by atoms with Gasteiger partial charge in [-0.25, -0.2) is 0 Å². The Morgan fingerprint density at radius 2 is 1.88 bits per heavy atom. The molecule has 1 aliphatic heterocycles. The van der Waals surface area contributed by atoms with Crippen molar-refractivity contribution in [3.63, 3.8) is 0 Å². The normalized spacial score (nSPS) is 21.8. The van der Waals surface area contributed by atoms with Crippen molar-refractivity contribution < 1.29 is 19.2 Å². The average Bonchev–Trinajstić information content (AvgIpc) is 2.60. The van der Waals surface area contributed by atoms with Gasteiger partial charge in [-0.2, -0.15) is 0 Å². The first-order valence-corrected chi connectivity index (χ1v) is 8.80. The van der Waals surface area contributed by atoms with E-state index in [0.29, 0.717) is 6.54 Å². The number of amides is 1. The van der Waals surface area contributed by atoms with Gasteiger partial charge < -0.3 is 15.0 Å². The van der Waals surface area contributed by atoms with Crippen LogP contribution in [-0.2, 0) is 14.3 Å². The van der Waals surface area contributed by atoms with E-state index in [1.807, 2.05) is 0 Å². The largest absolute Gasteiger partial charge is 0.469 e. The Balaban J connectivity index is 1.82. The van der Waals surface area contributed by atoms with Crippen molar-refractivity contribution in [3.8, 4) is 0 Å². The van der Waals surface area contributed by atoms with Gasteiger partial charge in [-0.05, 0) is 18.9 Å². The van der Waals surface area contributed by atoms with Crippen LogP contribution in [0.2, 0.25) is 0 Å². The van der Waals surface area contributed by atoms with E-state index in [0.717, 1.165) is 37.9 Å². The van der Waals surface area contributed by atoms with Gasteiger partial charge >= 0.3 is 5.97 Å². The maximum Gasteiger partial charge on any atom is 0.309 e. The summed E-state index contributed by atoms with van der Waals surface area (Å²) in [7, 11) is 1.44. The molecule has 132 valence electrons. The lowest BCUT2D eigenvalue weighted by atomic mass is 9.97. The molecular formula is C19H29N2O3+. The van der Waals surface area contributed by atoms with Crippen molar-refractivity contribution in [1.82, 2.24) is 5.32 Å². The molecular weight excluding hydrogens is 304 g/mol. The van der Waals surface area contributed by atoms with E-state index < -0.39 is 0 Å². The standard InChI is InChI=1S/C19H28N2O3/c1-4-17(15-7-5-14(2)6-8-15)20-18(22)13-21-11-9-16(10-12-21)19(23)24-3/h5-8,16-17H,4,9-13H2,1-3H3,(H,20,22)/p+1/t17-/m0/s1. The Labute approximate surface area is 144 Å². The van der Waals surface area contributed by atoms with Crippen molar-refractivity contribution in [1.29, 1.82) is 0 Å². The number of quaternary nitrogens is 1. The van der Waals surface area contributed by atoms with Gasteiger partial charge in [0.1, 0.15) is 0 Å². The lowest BCUT2D eigenvalue weighted by molar-refractivity contribution is -0.897. The van der Waals surface area contributed by atoms with Crippen molar-refractivity contribution in [2.45, 2.75) is 39.2 Å². The number of nitrogens with one attached hydrogen (secondary N) is 2. The summed E-state index contributed by atoms with van der Waals surface area (Å²) >= 11 is 0. The summed E-state index contributed by atoms with van der Waals surface area (Å²) in [4.78, 5) is 25.2. The van der Waals surface area contributed by atoms with Crippen LogP contribution in [0.3, 0.4) is 0 Å². The molecule has 24 heavy (non-hydrogen) atoms. The smallest absolute Gasteiger partial charge is 0.309 e. The summed E-state index contributed by atoms with van der Waals surface area (Å²) in [6.07, 6.45) is 2.46. The van der Waals surface area contributed by atoms with Crippen molar-refractivity contribution >= 4 is 11.9 Å². The quantitative estimate of drug-likeness (QED) is 0.765. The van der Waals surface area contributed by atoms with Gasteiger partial charge in [0.05, 0.1) is 32.2 Å². The first-order chi connectivity index (χ1) is 11.5. The zero-order valence-electron chi connectivity index (χ0n) is 14.9. The number of likely N-dealkylation sites (tertiary alicyclic amines) is 1. The molecule has 5 heteroatoms. The van der Waals surface area contributed by atoms with Crippen LogP contribution in [-0.4, -0.2) is 38.6 Å². The Hall–Kier alpha value is -1.88. The highest BCUT2D eigenvalue weighted by molar-refractivity contribution is 5.77. The molecule has 0 bridgehead atoms. The molecule has 1 aliphatic rings. The van der Waals surface area contributed by atoms with Crippen LogP contribution in [0.15, 0.2) is 24.3 Å². The SMILES string of the molecule is CC[C@H](NC(=O)C[NH+]1CCC(C(=O)OC)CC1)c1ccc(C)cc1. The second kappa shape index (κ2) is 8.83.